The molecule has 5 aliphatic rings. The normalized spacial score (nSPS) is 27.2. The summed E-state index contributed by atoms with van der Waals surface area (Å²) >= 11 is 12.7. The number of anilines is 3. The lowest BCUT2D eigenvalue weighted by molar-refractivity contribution is -0.138. The van der Waals surface area contributed by atoms with Crippen molar-refractivity contribution in [2.45, 2.75) is 24.2 Å². The molecule has 9 rings (SSSR count). The fourth-order valence-electron chi connectivity index (χ4n) is 9.77. The first-order valence-electron chi connectivity index (χ1n) is 18.7. The van der Waals surface area contributed by atoms with Crippen LogP contribution in [0.15, 0.2) is 103 Å². The maximum atomic E-state index is 15.4. The molecule has 0 radical (unpaired) electrons. The van der Waals surface area contributed by atoms with Gasteiger partial charge >= 0.3 is 0 Å². The molecular weight excluding hydrogens is 755 g/mol. The number of benzene rings is 4. The first-order valence-corrected chi connectivity index (χ1v) is 19.4. The number of nitrogens with zero attached hydrogens (tertiary/aromatic N) is 3. The van der Waals surface area contributed by atoms with Gasteiger partial charge in [0.15, 0.2) is 0 Å². The number of fused-ring (bicyclic) bond motifs is 4. The van der Waals surface area contributed by atoms with Crippen molar-refractivity contribution in [2.75, 3.05) is 48.6 Å². The van der Waals surface area contributed by atoms with E-state index in [0.29, 0.717) is 46.5 Å². The van der Waals surface area contributed by atoms with Crippen molar-refractivity contribution in [1.82, 2.24) is 5.01 Å². The van der Waals surface area contributed by atoms with E-state index in [-0.39, 0.29) is 35.4 Å². The number of amides is 4. The summed E-state index contributed by atoms with van der Waals surface area (Å²) in [5.41, 5.74) is 5.38. The predicted octanol–water partition coefficient (Wildman–Crippen LogP) is 6.73. The number of rotatable bonds is 7. The Morgan fingerprint density at radius 3 is 2.20 bits per heavy atom. The third-order valence-electron chi connectivity index (χ3n) is 12.3. The average molecular weight is 794 g/mol. The maximum Gasteiger partial charge on any atom is 0.260 e. The summed E-state index contributed by atoms with van der Waals surface area (Å²) in [5, 5.41) is 12.0. The number of aromatic hydroxyl groups is 1. The van der Waals surface area contributed by atoms with Crippen molar-refractivity contribution >= 4 is 63.9 Å². The van der Waals surface area contributed by atoms with E-state index >= 15 is 4.79 Å². The summed E-state index contributed by atoms with van der Waals surface area (Å²) in [7, 11) is 1.55. The van der Waals surface area contributed by atoms with Gasteiger partial charge in [-0.1, -0.05) is 59.1 Å². The van der Waals surface area contributed by atoms with Gasteiger partial charge in [0.2, 0.25) is 11.8 Å². The van der Waals surface area contributed by atoms with E-state index < -0.39 is 46.8 Å². The van der Waals surface area contributed by atoms with Gasteiger partial charge in [-0.05, 0) is 96.6 Å². The summed E-state index contributed by atoms with van der Waals surface area (Å²) in [5.74, 6) is -4.65. The van der Waals surface area contributed by atoms with Crippen LogP contribution in [0.5, 0.6) is 11.5 Å². The Balaban J connectivity index is 1.16. The number of phenolic OH excluding ortho intramolecular Hbond substituents is 1. The minimum Gasteiger partial charge on any atom is -0.508 e. The number of halogens is 2. The van der Waals surface area contributed by atoms with E-state index in [1.807, 2.05) is 42.5 Å². The summed E-state index contributed by atoms with van der Waals surface area (Å²) < 4.78 is 11.0. The molecule has 56 heavy (non-hydrogen) atoms. The molecule has 11 nitrogen and oxygen atoms in total. The van der Waals surface area contributed by atoms with Crippen molar-refractivity contribution < 1.29 is 33.8 Å². The monoisotopic (exact) mass is 792 g/mol. The van der Waals surface area contributed by atoms with E-state index in [1.165, 1.54) is 11.0 Å². The fourth-order valence-corrected chi connectivity index (χ4v) is 10.2. The first kappa shape index (κ1) is 36.3. The van der Waals surface area contributed by atoms with Crippen LogP contribution in [0.4, 0.5) is 17.1 Å². The number of imide groups is 2. The molecular formula is C43H38Cl2N4O7. The number of hydrogen-bond acceptors (Lipinski definition) is 9. The molecule has 286 valence electrons. The van der Waals surface area contributed by atoms with Gasteiger partial charge in [0.1, 0.15) is 11.5 Å². The second-order valence-electron chi connectivity index (χ2n) is 14.9. The van der Waals surface area contributed by atoms with Crippen LogP contribution in [-0.2, 0) is 29.3 Å². The van der Waals surface area contributed by atoms with Gasteiger partial charge in [0.05, 0.1) is 59.9 Å². The smallest absolute Gasteiger partial charge is 0.260 e. The first-order chi connectivity index (χ1) is 27.1. The Morgan fingerprint density at radius 2 is 1.52 bits per heavy atom. The minimum absolute atomic E-state index is 0.0372. The molecule has 3 heterocycles. The minimum atomic E-state index is -1.50. The van der Waals surface area contributed by atoms with Crippen LogP contribution >= 0.6 is 23.2 Å². The molecule has 1 saturated carbocycles. The van der Waals surface area contributed by atoms with Crippen LogP contribution in [0.25, 0.3) is 0 Å². The second-order valence-corrected chi connectivity index (χ2v) is 15.8. The third-order valence-corrected chi connectivity index (χ3v) is 12.8. The van der Waals surface area contributed by atoms with Crippen LogP contribution in [0.2, 0.25) is 10.0 Å². The summed E-state index contributed by atoms with van der Waals surface area (Å²) in [6.45, 7) is 2.77. The summed E-state index contributed by atoms with van der Waals surface area (Å²) in [6, 6.07) is 26.0. The molecule has 6 atom stereocenters. The SMILES string of the molecule is COc1ccc([C@@]23C(=O)N(Nc4ccc(Cl)cc4Cl)C(=O)[C@@H]2C[C@@H]2C(=CC[C@@H]4C(=O)N(c5ccc(N6CCOCC6)cc5)C(=O)[C@@H]42)[C@@H]3c2ccc(O)cc2)cc1. The van der Waals surface area contributed by atoms with E-state index in [9.17, 15) is 19.5 Å². The van der Waals surface area contributed by atoms with Gasteiger partial charge in [-0.15, -0.1) is 0 Å². The third kappa shape index (κ3) is 5.58. The molecule has 4 aromatic carbocycles. The molecule has 3 aliphatic heterocycles. The van der Waals surface area contributed by atoms with Crippen LogP contribution in [0.1, 0.15) is 29.9 Å². The van der Waals surface area contributed by atoms with Crippen LogP contribution < -0.4 is 20.0 Å². The number of methoxy groups -OCH3 is 1. The lowest BCUT2D eigenvalue weighted by Crippen LogP contribution is -2.53. The van der Waals surface area contributed by atoms with Gasteiger partial charge < -0.3 is 19.5 Å². The molecule has 0 bridgehead atoms. The van der Waals surface area contributed by atoms with Crippen molar-refractivity contribution in [3.63, 3.8) is 0 Å². The average Bonchev–Trinajstić information content (AvgIpc) is 3.60. The molecule has 0 aromatic heterocycles. The highest BCUT2D eigenvalue weighted by atomic mass is 35.5. The molecule has 0 unspecified atom stereocenters. The lowest BCUT2D eigenvalue weighted by atomic mass is 9.49. The lowest BCUT2D eigenvalue weighted by Gasteiger charge is -2.50. The molecule has 4 fully saturated rings. The number of morpholine rings is 1. The molecule has 3 saturated heterocycles. The zero-order valence-electron chi connectivity index (χ0n) is 30.4. The van der Waals surface area contributed by atoms with E-state index in [4.69, 9.17) is 32.7 Å². The number of hydrazine groups is 1. The predicted molar refractivity (Wildman–Crippen MR) is 211 cm³/mol. The quantitative estimate of drug-likeness (QED) is 0.155. The largest absolute Gasteiger partial charge is 0.508 e. The topological polar surface area (TPSA) is 129 Å². The number of ether oxygens (including phenoxy) is 2. The summed E-state index contributed by atoms with van der Waals surface area (Å²) in [6.07, 6.45) is 2.42. The van der Waals surface area contributed by atoms with Gasteiger partial charge in [-0.25, -0.2) is 0 Å². The molecule has 2 aliphatic carbocycles. The zero-order valence-corrected chi connectivity index (χ0v) is 31.9. The van der Waals surface area contributed by atoms with Crippen molar-refractivity contribution in [1.29, 1.82) is 0 Å². The molecule has 13 heteroatoms. The highest BCUT2D eigenvalue weighted by molar-refractivity contribution is 6.36. The summed E-state index contributed by atoms with van der Waals surface area (Å²) in [4.78, 5) is 62.8. The second kappa shape index (κ2) is 14.0. The molecule has 0 spiro atoms. The van der Waals surface area contributed by atoms with Crippen LogP contribution in [0.3, 0.4) is 0 Å². The fraction of sp³-hybridized carbons (Fsp3) is 0.302. The number of carbonyl (C=O) groups is 4. The van der Waals surface area contributed by atoms with Gasteiger partial charge in [-0.3, -0.25) is 29.5 Å². The molecule has 4 aromatic rings. The maximum absolute atomic E-state index is 15.4. The Morgan fingerprint density at radius 1 is 0.821 bits per heavy atom. The number of nitrogens with one attached hydrogen (secondary N) is 1. The van der Waals surface area contributed by atoms with Crippen LogP contribution in [-0.4, -0.2) is 67.2 Å². The Kier molecular flexibility index (Phi) is 9.06. The van der Waals surface area contributed by atoms with Crippen molar-refractivity contribution in [3.05, 3.63) is 124 Å². The highest BCUT2D eigenvalue weighted by Crippen LogP contribution is 2.64. The van der Waals surface area contributed by atoms with Crippen LogP contribution in [0, 0.1) is 23.7 Å². The molecule has 2 N–H and O–H groups in total. The standard InChI is InChI=1S/C43H38Cl2N4O7/c1-55-30-13-4-25(5-14-30)43-34(40(52)49(42(43)54)46-36-17-6-26(44)22-35(36)45)23-33-31(38(43)24-2-11-29(50)12-3-24)15-16-32-37(33)41(53)48(39(32)51)28-9-7-27(8-10-28)47-18-20-56-21-19-47/h2-15,17,22,32-34,37-38,46,50H,16,18-21,23H2,1H3/t32-,33+,34-,37-,38-,43+/m0/s1. The van der Waals surface area contributed by atoms with Crippen molar-refractivity contribution in [2.24, 2.45) is 23.7 Å². The highest BCUT2D eigenvalue weighted by Gasteiger charge is 2.70. The van der Waals surface area contributed by atoms with E-state index in [0.717, 1.165) is 29.4 Å². The molecule has 4 amide bonds. The number of phenols is 1. The van der Waals surface area contributed by atoms with E-state index in [1.54, 1.807) is 55.6 Å². The number of hydrogen-bond donors (Lipinski definition) is 2. The van der Waals surface area contributed by atoms with E-state index in [2.05, 4.69) is 10.3 Å². The zero-order chi connectivity index (χ0) is 38.9. The van der Waals surface area contributed by atoms with Gasteiger partial charge in [-0.2, -0.15) is 5.01 Å². The Hall–Kier alpha value is -5.36. The number of carbonyl (C=O) groups excluding carboxylic acids is 4. The van der Waals surface area contributed by atoms with Gasteiger partial charge in [0.25, 0.3) is 11.8 Å². The van der Waals surface area contributed by atoms with Crippen molar-refractivity contribution in [3.8, 4) is 11.5 Å². The number of allylic oxidation sites excluding steroid dienone is 2. The Labute approximate surface area is 333 Å². The van der Waals surface area contributed by atoms with Gasteiger partial charge in [0, 0.05) is 29.7 Å². The Bertz CT molecular complexity index is 2280.